The molecule has 1 aromatic carbocycles. The fourth-order valence-corrected chi connectivity index (χ4v) is 2.63. The first-order valence-corrected chi connectivity index (χ1v) is 6.81. The largest absolute Gasteiger partial charge is 0.416 e. The molecule has 3 atom stereocenters. The molecular formula is C15H20F3N. The van der Waals surface area contributed by atoms with E-state index in [1.54, 1.807) is 12.1 Å². The van der Waals surface area contributed by atoms with Gasteiger partial charge in [0.05, 0.1) is 5.56 Å². The van der Waals surface area contributed by atoms with Crippen LogP contribution in [-0.4, -0.2) is 12.6 Å². The number of hydrogen-bond donors (Lipinski definition) is 1. The van der Waals surface area contributed by atoms with Gasteiger partial charge in [0.1, 0.15) is 0 Å². The number of hydrogen-bond acceptors (Lipinski definition) is 1. The summed E-state index contributed by atoms with van der Waals surface area (Å²) in [5.74, 6) is 1.40. The molecule has 1 aliphatic carbocycles. The van der Waals surface area contributed by atoms with Gasteiger partial charge >= 0.3 is 6.18 Å². The highest BCUT2D eigenvalue weighted by Crippen LogP contribution is 2.41. The van der Waals surface area contributed by atoms with Gasteiger partial charge < -0.3 is 5.32 Å². The smallest absolute Gasteiger partial charge is 0.314 e. The lowest BCUT2D eigenvalue weighted by atomic mass is 10.00. The van der Waals surface area contributed by atoms with Crippen LogP contribution in [0.1, 0.15) is 31.4 Å². The monoisotopic (exact) mass is 271 g/mol. The van der Waals surface area contributed by atoms with E-state index in [0.717, 1.165) is 24.4 Å². The highest BCUT2D eigenvalue weighted by molar-refractivity contribution is 5.25. The molecule has 2 rings (SSSR count). The summed E-state index contributed by atoms with van der Waals surface area (Å²) in [6, 6.07) is 5.93. The number of rotatable bonds is 5. The van der Waals surface area contributed by atoms with Crippen LogP contribution in [0.25, 0.3) is 0 Å². The molecule has 1 aliphatic rings. The van der Waals surface area contributed by atoms with Gasteiger partial charge in [0.2, 0.25) is 0 Å². The third kappa shape index (κ3) is 3.72. The lowest BCUT2D eigenvalue weighted by Crippen LogP contribution is -2.33. The number of alkyl halides is 3. The average molecular weight is 271 g/mol. The van der Waals surface area contributed by atoms with Gasteiger partial charge in [0, 0.05) is 6.04 Å². The van der Waals surface area contributed by atoms with E-state index in [0.29, 0.717) is 12.0 Å². The standard InChI is InChI=1S/C15H20F3N/c1-3-19-14(13-8-10(13)2)9-11-4-6-12(7-5-11)15(16,17)18/h4-7,10,13-14,19H,3,8-9H2,1-2H3. The summed E-state index contributed by atoms with van der Waals surface area (Å²) in [6.45, 7) is 5.18. The summed E-state index contributed by atoms with van der Waals surface area (Å²) < 4.78 is 37.4. The molecule has 0 heterocycles. The van der Waals surface area contributed by atoms with Crippen LogP contribution in [0.2, 0.25) is 0 Å². The van der Waals surface area contributed by atoms with Crippen LogP contribution in [0, 0.1) is 11.8 Å². The fraction of sp³-hybridized carbons (Fsp3) is 0.600. The van der Waals surface area contributed by atoms with E-state index in [9.17, 15) is 13.2 Å². The number of benzene rings is 1. The molecule has 1 N–H and O–H groups in total. The van der Waals surface area contributed by atoms with Crippen molar-refractivity contribution in [2.75, 3.05) is 6.54 Å². The molecule has 19 heavy (non-hydrogen) atoms. The molecule has 1 nitrogen and oxygen atoms in total. The van der Waals surface area contributed by atoms with Crippen LogP contribution in [0.3, 0.4) is 0 Å². The quantitative estimate of drug-likeness (QED) is 0.857. The molecule has 0 spiro atoms. The van der Waals surface area contributed by atoms with E-state index in [4.69, 9.17) is 0 Å². The van der Waals surface area contributed by atoms with E-state index in [2.05, 4.69) is 19.2 Å². The predicted molar refractivity (Wildman–Crippen MR) is 69.9 cm³/mol. The number of likely N-dealkylation sites (N-methyl/N-ethyl adjacent to an activating group) is 1. The van der Waals surface area contributed by atoms with Crippen LogP contribution in [0.4, 0.5) is 13.2 Å². The van der Waals surface area contributed by atoms with Crippen molar-refractivity contribution < 1.29 is 13.2 Å². The summed E-state index contributed by atoms with van der Waals surface area (Å²) in [4.78, 5) is 0. The first kappa shape index (κ1) is 14.4. The van der Waals surface area contributed by atoms with Gasteiger partial charge in [-0.3, -0.25) is 0 Å². The Kier molecular flexibility index (Phi) is 4.19. The summed E-state index contributed by atoms with van der Waals surface area (Å²) in [5.41, 5.74) is 0.397. The van der Waals surface area contributed by atoms with Crippen molar-refractivity contribution in [1.82, 2.24) is 5.32 Å². The van der Waals surface area contributed by atoms with Gasteiger partial charge in [-0.25, -0.2) is 0 Å². The van der Waals surface area contributed by atoms with Crippen molar-refractivity contribution in [3.05, 3.63) is 35.4 Å². The van der Waals surface area contributed by atoms with Crippen molar-refractivity contribution >= 4 is 0 Å². The number of nitrogens with one attached hydrogen (secondary N) is 1. The summed E-state index contributed by atoms with van der Waals surface area (Å²) in [7, 11) is 0. The maximum atomic E-state index is 12.5. The second-order valence-corrected chi connectivity index (χ2v) is 5.44. The Hall–Kier alpha value is -1.03. The number of halogens is 3. The van der Waals surface area contributed by atoms with Gasteiger partial charge in [0.15, 0.2) is 0 Å². The highest BCUT2D eigenvalue weighted by Gasteiger charge is 2.39. The summed E-state index contributed by atoms with van der Waals surface area (Å²) in [6.07, 6.45) is -2.22. The third-order valence-electron chi connectivity index (χ3n) is 3.89. The molecule has 106 valence electrons. The van der Waals surface area contributed by atoms with Gasteiger partial charge in [-0.15, -0.1) is 0 Å². The van der Waals surface area contributed by atoms with Gasteiger partial charge in [-0.05, 0) is 48.9 Å². The molecule has 0 aromatic heterocycles. The molecule has 0 saturated heterocycles. The molecule has 1 fully saturated rings. The van der Waals surface area contributed by atoms with Crippen molar-refractivity contribution in [2.45, 2.75) is 38.9 Å². The first-order chi connectivity index (χ1) is 8.91. The maximum absolute atomic E-state index is 12.5. The van der Waals surface area contributed by atoms with Crippen LogP contribution < -0.4 is 5.32 Å². The Bertz CT molecular complexity index is 410. The Balaban J connectivity index is 2.01. The minimum atomic E-state index is -4.25. The van der Waals surface area contributed by atoms with E-state index < -0.39 is 11.7 Å². The van der Waals surface area contributed by atoms with Crippen LogP contribution in [-0.2, 0) is 12.6 Å². The second-order valence-electron chi connectivity index (χ2n) is 5.44. The Labute approximate surface area is 112 Å². The maximum Gasteiger partial charge on any atom is 0.416 e. The molecule has 0 amide bonds. The topological polar surface area (TPSA) is 12.0 Å². The van der Waals surface area contributed by atoms with E-state index in [1.165, 1.54) is 18.6 Å². The lowest BCUT2D eigenvalue weighted by Gasteiger charge is -2.18. The first-order valence-electron chi connectivity index (χ1n) is 6.81. The van der Waals surface area contributed by atoms with E-state index in [1.807, 2.05) is 0 Å². The van der Waals surface area contributed by atoms with Gasteiger partial charge in [-0.1, -0.05) is 26.0 Å². The second kappa shape index (κ2) is 5.53. The van der Waals surface area contributed by atoms with Crippen LogP contribution >= 0.6 is 0 Å². The lowest BCUT2D eigenvalue weighted by molar-refractivity contribution is -0.137. The molecule has 0 radical (unpaired) electrons. The minimum absolute atomic E-state index is 0.386. The van der Waals surface area contributed by atoms with Crippen molar-refractivity contribution in [3.8, 4) is 0 Å². The molecule has 1 saturated carbocycles. The van der Waals surface area contributed by atoms with Crippen molar-refractivity contribution in [2.24, 2.45) is 11.8 Å². The zero-order chi connectivity index (χ0) is 14.0. The van der Waals surface area contributed by atoms with Crippen molar-refractivity contribution in [3.63, 3.8) is 0 Å². The SMILES string of the molecule is CCNC(Cc1ccc(C(F)(F)F)cc1)C1CC1C. The molecule has 3 unspecified atom stereocenters. The predicted octanol–water partition coefficient (Wildman–Crippen LogP) is 3.88. The average Bonchev–Trinajstić information content (AvgIpc) is 3.05. The summed E-state index contributed by atoms with van der Waals surface area (Å²) in [5, 5.41) is 3.45. The minimum Gasteiger partial charge on any atom is -0.314 e. The summed E-state index contributed by atoms with van der Waals surface area (Å²) >= 11 is 0. The Morgan fingerprint density at radius 1 is 1.26 bits per heavy atom. The Morgan fingerprint density at radius 3 is 2.26 bits per heavy atom. The molecular weight excluding hydrogens is 251 g/mol. The fourth-order valence-electron chi connectivity index (χ4n) is 2.63. The third-order valence-corrected chi connectivity index (χ3v) is 3.89. The van der Waals surface area contributed by atoms with E-state index >= 15 is 0 Å². The Morgan fingerprint density at radius 2 is 1.84 bits per heavy atom. The van der Waals surface area contributed by atoms with Crippen LogP contribution in [0.15, 0.2) is 24.3 Å². The van der Waals surface area contributed by atoms with Crippen LogP contribution in [0.5, 0.6) is 0 Å². The molecule has 1 aromatic rings. The molecule has 0 aliphatic heterocycles. The van der Waals surface area contributed by atoms with Gasteiger partial charge in [0.25, 0.3) is 0 Å². The van der Waals surface area contributed by atoms with Crippen molar-refractivity contribution in [1.29, 1.82) is 0 Å². The normalized spacial score (nSPS) is 24.3. The molecule has 4 heteroatoms. The highest BCUT2D eigenvalue weighted by atomic mass is 19.4. The zero-order valence-electron chi connectivity index (χ0n) is 11.3. The molecule has 0 bridgehead atoms. The zero-order valence-corrected chi connectivity index (χ0v) is 11.3. The van der Waals surface area contributed by atoms with Gasteiger partial charge in [-0.2, -0.15) is 13.2 Å². The van der Waals surface area contributed by atoms with E-state index in [-0.39, 0.29) is 0 Å².